The first kappa shape index (κ1) is 16.7. The van der Waals surface area contributed by atoms with Crippen molar-refractivity contribution >= 4 is 6.03 Å². The van der Waals surface area contributed by atoms with Crippen LogP contribution in [0, 0.1) is 0 Å². The van der Waals surface area contributed by atoms with E-state index in [4.69, 9.17) is 4.42 Å². The Labute approximate surface area is 145 Å². The third-order valence-electron chi connectivity index (χ3n) is 3.84. The van der Waals surface area contributed by atoms with Crippen molar-refractivity contribution < 1.29 is 9.21 Å². The maximum atomic E-state index is 12.1. The highest BCUT2D eigenvalue weighted by molar-refractivity contribution is 5.77. The molecule has 6 heteroatoms. The van der Waals surface area contributed by atoms with Crippen molar-refractivity contribution in [2.24, 2.45) is 0 Å². The lowest BCUT2D eigenvalue weighted by Gasteiger charge is -2.04. The van der Waals surface area contributed by atoms with Crippen molar-refractivity contribution in [3.8, 4) is 11.3 Å². The summed E-state index contributed by atoms with van der Waals surface area (Å²) < 4.78 is 6.08. The first-order valence-corrected chi connectivity index (χ1v) is 8.19. The van der Waals surface area contributed by atoms with Crippen LogP contribution in [0.4, 0.5) is 4.79 Å². The van der Waals surface area contributed by atoms with Crippen LogP contribution in [0.5, 0.6) is 0 Å². The molecule has 1 N–H and O–H groups in total. The number of aromatic nitrogens is 2. The summed E-state index contributed by atoms with van der Waals surface area (Å²) in [5.41, 5.74) is 1.98. The summed E-state index contributed by atoms with van der Waals surface area (Å²) in [5.74, 6) is -0.361. The molecule has 0 unspecified atom stereocenters. The second-order valence-electron chi connectivity index (χ2n) is 5.64. The van der Waals surface area contributed by atoms with Crippen LogP contribution in [0.2, 0.25) is 0 Å². The van der Waals surface area contributed by atoms with E-state index in [1.165, 1.54) is 11.8 Å². The fourth-order valence-electron chi connectivity index (χ4n) is 2.51. The molecule has 2 aromatic heterocycles. The molecule has 0 aliphatic rings. The summed E-state index contributed by atoms with van der Waals surface area (Å²) in [6, 6.07) is 13.1. The number of hydrogen-bond donors (Lipinski definition) is 1. The highest BCUT2D eigenvalue weighted by Gasteiger charge is 2.13. The molecule has 25 heavy (non-hydrogen) atoms. The number of unbranched alkanes of at least 4 members (excludes halogenated alkanes) is 1. The monoisotopic (exact) mass is 337 g/mol. The van der Waals surface area contributed by atoms with E-state index in [1.54, 1.807) is 24.5 Å². The SMILES string of the molecule is O=C(NCCCCc1ccccc1)n1cc(-c2ccncc2)oc1=O. The molecule has 0 aliphatic heterocycles. The fourth-order valence-corrected chi connectivity index (χ4v) is 2.51. The number of pyridine rings is 1. The molecular weight excluding hydrogens is 318 g/mol. The number of benzene rings is 1. The minimum absolute atomic E-state index is 0.339. The Morgan fingerprint density at radius 1 is 1.08 bits per heavy atom. The van der Waals surface area contributed by atoms with Gasteiger partial charge in [0.2, 0.25) is 0 Å². The van der Waals surface area contributed by atoms with Crippen molar-refractivity contribution in [1.29, 1.82) is 0 Å². The molecule has 2 heterocycles. The summed E-state index contributed by atoms with van der Waals surface area (Å²) in [5, 5.41) is 2.74. The van der Waals surface area contributed by atoms with Crippen LogP contribution < -0.4 is 11.1 Å². The lowest BCUT2D eigenvalue weighted by Crippen LogP contribution is -2.34. The van der Waals surface area contributed by atoms with E-state index >= 15 is 0 Å². The second-order valence-corrected chi connectivity index (χ2v) is 5.64. The Hall–Kier alpha value is -3.15. The number of hydrogen-bond acceptors (Lipinski definition) is 4. The summed E-state index contributed by atoms with van der Waals surface area (Å²) in [7, 11) is 0. The van der Waals surface area contributed by atoms with Gasteiger partial charge in [-0.05, 0) is 37.0 Å². The summed E-state index contributed by atoms with van der Waals surface area (Å²) in [6.07, 6.45) is 7.36. The smallest absolute Gasteiger partial charge is 0.407 e. The molecule has 128 valence electrons. The van der Waals surface area contributed by atoms with E-state index in [-0.39, 0.29) is 0 Å². The number of carbonyl (C=O) groups is 1. The zero-order valence-corrected chi connectivity index (χ0v) is 13.7. The summed E-state index contributed by atoms with van der Waals surface area (Å²) in [6.45, 7) is 0.508. The Bertz CT molecular complexity index is 870. The molecule has 6 nitrogen and oxygen atoms in total. The summed E-state index contributed by atoms with van der Waals surface area (Å²) >= 11 is 0. The highest BCUT2D eigenvalue weighted by atomic mass is 16.4. The number of rotatable bonds is 6. The van der Waals surface area contributed by atoms with Crippen LogP contribution in [0.25, 0.3) is 11.3 Å². The van der Waals surface area contributed by atoms with Gasteiger partial charge in [-0.3, -0.25) is 4.98 Å². The first-order valence-electron chi connectivity index (χ1n) is 8.19. The quantitative estimate of drug-likeness (QED) is 0.701. The molecule has 3 rings (SSSR count). The number of amides is 1. The van der Waals surface area contributed by atoms with Crippen molar-refractivity contribution in [3.63, 3.8) is 0 Å². The normalized spacial score (nSPS) is 10.6. The fraction of sp³-hybridized carbons (Fsp3) is 0.211. The van der Waals surface area contributed by atoms with Gasteiger partial charge in [-0.25, -0.2) is 9.59 Å². The van der Waals surface area contributed by atoms with Gasteiger partial charge in [-0.2, -0.15) is 4.57 Å². The number of nitrogens with one attached hydrogen (secondary N) is 1. The number of carbonyl (C=O) groups excluding carboxylic acids is 1. The molecule has 0 bridgehead atoms. The van der Waals surface area contributed by atoms with Crippen LogP contribution in [0.15, 0.2) is 70.3 Å². The van der Waals surface area contributed by atoms with Crippen LogP contribution in [0.1, 0.15) is 18.4 Å². The molecule has 3 aromatic rings. The Morgan fingerprint density at radius 2 is 1.84 bits per heavy atom. The Balaban J connectivity index is 1.50. The topological polar surface area (TPSA) is 77.1 Å². The number of nitrogens with zero attached hydrogens (tertiary/aromatic N) is 2. The van der Waals surface area contributed by atoms with Crippen molar-refractivity contribution in [2.75, 3.05) is 6.54 Å². The van der Waals surface area contributed by atoms with Gasteiger partial charge >= 0.3 is 11.8 Å². The third kappa shape index (κ3) is 4.44. The van der Waals surface area contributed by atoms with Crippen LogP contribution in [-0.2, 0) is 6.42 Å². The van der Waals surface area contributed by atoms with E-state index in [0.717, 1.165) is 23.8 Å². The maximum absolute atomic E-state index is 12.1. The zero-order chi connectivity index (χ0) is 17.5. The standard InChI is InChI=1S/C19H19N3O3/c23-18(21-11-5-4-8-15-6-2-1-3-7-15)22-14-17(25-19(22)24)16-9-12-20-13-10-16/h1-3,6-7,9-10,12-14H,4-5,8,11H2,(H,21,23). The van der Waals surface area contributed by atoms with E-state index in [1.807, 2.05) is 18.2 Å². The lowest BCUT2D eigenvalue weighted by atomic mass is 10.1. The van der Waals surface area contributed by atoms with Crippen LogP contribution in [-0.4, -0.2) is 22.1 Å². The molecule has 0 aliphatic carbocycles. The van der Waals surface area contributed by atoms with Gasteiger partial charge in [0.1, 0.15) is 0 Å². The summed E-state index contributed by atoms with van der Waals surface area (Å²) in [4.78, 5) is 27.9. The van der Waals surface area contributed by atoms with Gasteiger partial charge in [-0.1, -0.05) is 30.3 Å². The molecule has 0 atom stereocenters. The van der Waals surface area contributed by atoms with E-state index < -0.39 is 11.8 Å². The van der Waals surface area contributed by atoms with Gasteiger partial charge in [0.25, 0.3) is 0 Å². The lowest BCUT2D eigenvalue weighted by molar-refractivity contribution is 0.240. The number of oxazole rings is 1. The predicted octanol–water partition coefficient (Wildman–Crippen LogP) is 3.08. The van der Waals surface area contributed by atoms with Gasteiger partial charge in [-0.15, -0.1) is 0 Å². The van der Waals surface area contributed by atoms with E-state index in [2.05, 4.69) is 22.4 Å². The first-order chi connectivity index (χ1) is 12.2. The second kappa shape index (κ2) is 8.10. The molecule has 0 spiro atoms. The average Bonchev–Trinajstić information content (AvgIpc) is 3.05. The highest BCUT2D eigenvalue weighted by Crippen LogP contribution is 2.16. The Kier molecular flexibility index (Phi) is 5.41. The predicted molar refractivity (Wildman–Crippen MR) is 94.4 cm³/mol. The minimum atomic E-state index is -0.700. The maximum Gasteiger partial charge on any atom is 0.427 e. The number of aryl methyl sites for hydroxylation is 1. The van der Waals surface area contributed by atoms with E-state index in [9.17, 15) is 9.59 Å². The molecular formula is C19H19N3O3. The molecule has 0 saturated carbocycles. The zero-order valence-electron chi connectivity index (χ0n) is 13.7. The molecule has 0 fully saturated rings. The molecule has 1 amide bonds. The third-order valence-corrected chi connectivity index (χ3v) is 3.84. The van der Waals surface area contributed by atoms with E-state index in [0.29, 0.717) is 17.9 Å². The molecule has 0 radical (unpaired) electrons. The van der Waals surface area contributed by atoms with Crippen LogP contribution >= 0.6 is 0 Å². The van der Waals surface area contributed by atoms with Crippen molar-refractivity contribution in [3.05, 3.63) is 77.2 Å². The van der Waals surface area contributed by atoms with Gasteiger partial charge < -0.3 is 9.73 Å². The van der Waals surface area contributed by atoms with Crippen LogP contribution in [0.3, 0.4) is 0 Å². The van der Waals surface area contributed by atoms with Gasteiger partial charge in [0.15, 0.2) is 5.76 Å². The Morgan fingerprint density at radius 3 is 2.60 bits per heavy atom. The van der Waals surface area contributed by atoms with Gasteiger partial charge in [0.05, 0.1) is 6.20 Å². The minimum Gasteiger partial charge on any atom is -0.407 e. The molecule has 1 aromatic carbocycles. The largest absolute Gasteiger partial charge is 0.427 e. The molecule has 0 saturated heterocycles. The van der Waals surface area contributed by atoms with Crippen molar-refractivity contribution in [1.82, 2.24) is 14.9 Å². The van der Waals surface area contributed by atoms with Gasteiger partial charge in [0, 0.05) is 24.5 Å². The average molecular weight is 337 g/mol. The van der Waals surface area contributed by atoms with Crippen molar-refractivity contribution in [2.45, 2.75) is 19.3 Å².